The zero-order valence-electron chi connectivity index (χ0n) is 15.1. The summed E-state index contributed by atoms with van der Waals surface area (Å²) in [7, 11) is -3.77. The van der Waals surface area contributed by atoms with Crippen LogP contribution in [-0.4, -0.2) is 50.9 Å². The number of sulfonamides is 1. The molecular formula is C18H23ClN2O5S. The molecule has 1 aliphatic carbocycles. The predicted molar refractivity (Wildman–Crippen MR) is 100 cm³/mol. The first-order chi connectivity index (χ1) is 12.8. The van der Waals surface area contributed by atoms with Gasteiger partial charge in [-0.2, -0.15) is 0 Å². The number of halogens is 1. The number of nitrogens with zero attached hydrogens (tertiary/aromatic N) is 1. The molecule has 9 heteroatoms. The smallest absolute Gasteiger partial charge is 0.310 e. The van der Waals surface area contributed by atoms with Crippen LogP contribution < -0.4 is 4.72 Å². The SMILES string of the molecule is CCOC(=O)[C@H]1CCCN(C(=O)c2ccc(Cl)c(S(=O)(=O)NC3CC3)c2)C1. The second-order valence-electron chi connectivity index (χ2n) is 6.88. The average molecular weight is 415 g/mol. The number of hydrogen-bond acceptors (Lipinski definition) is 5. The van der Waals surface area contributed by atoms with Gasteiger partial charge in [-0.05, 0) is 50.8 Å². The van der Waals surface area contributed by atoms with Crippen LogP contribution in [0.1, 0.15) is 43.0 Å². The van der Waals surface area contributed by atoms with Crippen molar-refractivity contribution in [1.82, 2.24) is 9.62 Å². The van der Waals surface area contributed by atoms with Gasteiger partial charge in [0.1, 0.15) is 4.90 Å². The number of ether oxygens (including phenoxy) is 1. The fourth-order valence-corrected chi connectivity index (χ4v) is 4.95. The quantitative estimate of drug-likeness (QED) is 0.720. The topological polar surface area (TPSA) is 92.8 Å². The molecule has 1 saturated carbocycles. The van der Waals surface area contributed by atoms with E-state index in [1.165, 1.54) is 18.2 Å². The third kappa shape index (κ3) is 4.80. The van der Waals surface area contributed by atoms with Crippen molar-refractivity contribution in [1.29, 1.82) is 0 Å². The summed E-state index contributed by atoms with van der Waals surface area (Å²) in [5.74, 6) is -0.971. The van der Waals surface area contributed by atoms with Gasteiger partial charge < -0.3 is 9.64 Å². The number of carbonyl (C=O) groups excluding carboxylic acids is 2. The molecule has 1 heterocycles. The summed E-state index contributed by atoms with van der Waals surface area (Å²) >= 11 is 6.07. The molecule has 1 saturated heterocycles. The van der Waals surface area contributed by atoms with Crippen molar-refractivity contribution in [2.24, 2.45) is 5.92 Å². The maximum atomic E-state index is 12.9. The Morgan fingerprint density at radius 3 is 2.70 bits per heavy atom. The lowest BCUT2D eigenvalue weighted by molar-refractivity contribution is -0.149. The van der Waals surface area contributed by atoms with Crippen LogP contribution in [0, 0.1) is 5.92 Å². The molecule has 0 unspecified atom stereocenters. The maximum Gasteiger partial charge on any atom is 0.310 e. The highest BCUT2D eigenvalue weighted by Crippen LogP contribution is 2.28. The van der Waals surface area contributed by atoms with E-state index in [0.29, 0.717) is 26.0 Å². The fourth-order valence-electron chi connectivity index (χ4n) is 3.12. The lowest BCUT2D eigenvalue weighted by Gasteiger charge is -2.31. The molecule has 3 rings (SSSR count). The van der Waals surface area contributed by atoms with E-state index in [0.717, 1.165) is 12.8 Å². The van der Waals surface area contributed by atoms with Gasteiger partial charge >= 0.3 is 5.97 Å². The Labute approximate surface area is 164 Å². The molecule has 0 spiro atoms. The van der Waals surface area contributed by atoms with Gasteiger partial charge in [0.2, 0.25) is 10.0 Å². The van der Waals surface area contributed by atoms with Crippen LogP contribution in [0.25, 0.3) is 0 Å². The summed E-state index contributed by atoms with van der Waals surface area (Å²) in [4.78, 5) is 26.3. The lowest BCUT2D eigenvalue weighted by Crippen LogP contribution is -2.42. The molecule has 0 bridgehead atoms. The van der Waals surface area contributed by atoms with Gasteiger partial charge in [-0.25, -0.2) is 13.1 Å². The van der Waals surface area contributed by atoms with E-state index in [1.54, 1.807) is 11.8 Å². The number of benzene rings is 1. The largest absolute Gasteiger partial charge is 0.466 e. The third-order valence-corrected chi connectivity index (χ3v) is 6.70. The van der Waals surface area contributed by atoms with Crippen molar-refractivity contribution in [2.45, 2.75) is 43.5 Å². The molecule has 148 valence electrons. The summed E-state index contributed by atoms with van der Waals surface area (Å²) < 4.78 is 32.6. The first kappa shape index (κ1) is 20.1. The van der Waals surface area contributed by atoms with Crippen LogP contribution in [0.4, 0.5) is 0 Å². The Morgan fingerprint density at radius 2 is 2.04 bits per heavy atom. The Morgan fingerprint density at radius 1 is 1.30 bits per heavy atom. The lowest BCUT2D eigenvalue weighted by atomic mass is 9.97. The van der Waals surface area contributed by atoms with E-state index in [2.05, 4.69) is 4.72 Å². The predicted octanol–water partition coefficient (Wildman–Crippen LogP) is 2.20. The summed E-state index contributed by atoms with van der Waals surface area (Å²) in [5.41, 5.74) is 0.236. The Bertz CT molecular complexity index is 838. The number of amides is 1. The molecule has 1 atom stereocenters. The summed E-state index contributed by atoms with van der Waals surface area (Å²) in [5, 5.41) is 0.0720. The van der Waals surface area contributed by atoms with Crippen LogP contribution in [0.2, 0.25) is 5.02 Å². The highest BCUT2D eigenvalue weighted by atomic mass is 35.5. The summed E-state index contributed by atoms with van der Waals surface area (Å²) in [6.45, 7) is 2.83. The van der Waals surface area contributed by atoms with Crippen molar-refractivity contribution in [2.75, 3.05) is 19.7 Å². The van der Waals surface area contributed by atoms with E-state index >= 15 is 0 Å². The van der Waals surface area contributed by atoms with E-state index in [9.17, 15) is 18.0 Å². The maximum absolute atomic E-state index is 12.9. The zero-order valence-corrected chi connectivity index (χ0v) is 16.7. The van der Waals surface area contributed by atoms with Gasteiger partial charge in [0.05, 0.1) is 17.5 Å². The molecule has 27 heavy (non-hydrogen) atoms. The summed E-state index contributed by atoms with van der Waals surface area (Å²) in [6, 6.07) is 4.18. The zero-order chi connectivity index (χ0) is 19.6. The Kier molecular flexibility index (Phi) is 6.08. The van der Waals surface area contributed by atoms with Gasteiger partial charge in [-0.15, -0.1) is 0 Å². The highest BCUT2D eigenvalue weighted by Gasteiger charge is 2.32. The number of nitrogens with one attached hydrogen (secondary N) is 1. The minimum Gasteiger partial charge on any atom is -0.466 e. The van der Waals surface area contributed by atoms with Crippen molar-refractivity contribution in [3.05, 3.63) is 28.8 Å². The molecule has 1 aromatic rings. The molecule has 1 N–H and O–H groups in total. The highest BCUT2D eigenvalue weighted by molar-refractivity contribution is 7.89. The van der Waals surface area contributed by atoms with Gasteiger partial charge in [-0.1, -0.05) is 11.6 Å². The molecule has 0 aromatic heterocycles. The van der Waals surface area contributed by atoms with Crippen molar-refractivity contribution < 1.29 is 22.7 Å². The normalized spacial score (nSPS) is 20.4. The molecule has 0 radical (unpaired) electrons. The van der Waals surface area contributed by atoms with Gasteiger partial charge in [0, 0.05) is 24.7 Å². The Hall–Kier alpha value is -1.64. The standard InChI is InChI=1S/C18H23ClN2O5S/c1-2-26-18(23)13-4-3-9-21(11-13)17(22)12-5-8-15(19)16(10-12)27(24,25)20-14-6-7-14/h5,8,10,13-14,20H,2-4,6-7,9,11H2,1H3/t13-/m0/s1. The van der Waals surface area contributed by atoms with Crippen LogP contribution in [0.5, 0.6) is 0 Å². The van der Waals surface area contributed by atoms with Gasteiger partial charge in [0.25, 0.3) is 5.91 Å². The molecule has 2 fully saturated rings. The first-order valence-corrected chi connectivity index (χ1v) is 11.0. The number of likely N-dealkylation sites (tertiary alicyclic amines) is 1. The number of rotatable bonds is 6. The van der Waals surface area contributed by atoms with E-state index in [1.807, 2.05) is 0 Å². The molecule has 2 aliphatic rings. The van der Waals surface area contributed by atoms with Crippen molar-refractivity contribution in [3.63, 3.8) is 0 Å². The van der Waals surface area contributed by atoms with E-state index < -0.39 is 10.0 Å². The summed E-state index contributed by atoms with van der Waals surface area (Å²) in [6.07, 6.45) is 2.97. The monoisotopic (exact) mass is 414 g/mol. The average Bonchev–Trinajstić information content (AvgIpc) is 3.45. The van der Waals surface area contributed by atoms with E-state index in [4.69, 9.17) is 16.3 Å². The van der Waals surface area contributed by atoms with E-state index in [-0.39, 0.29) is 45.9 Å². The molecule has 1 amide bonds. The van der Waals surface area contributed by atoms with Crippen LogP contribution in [-0.2, 0) is 19.6 Å². The molecule has 1 aliphatic heterocycles. The molecular weight excluding hydrogens is 392 g/mol. The molecule has 7 nitrogen and oxygen atoms in total. The minimum absolute atomic E-state index is 0.0575. The number of carbonyl (C=O) groups is 2. The number of hydrogen-bond donors (Lipinski definition) is 1. The van der Waals surface area contributed by atoms with Gasteiger partial charge in [-0.3, -0.25) is 9.59 Å². The van der Waals surface area contributed by atoms with Crippen LogP contribution in [0.15, 0.2) is 23.1 Å². The van der Waals surface area contributed by atoms with Crippen molar-refractivity contribution in [3.8, 4) is 0 Å². The number of piperidine rings is 1. The fraction of sp³-hybridized carbons (Fsp3) is 0.556. The Balaban J connectivity index is 1.78. The van der Waals surface area contributed by atoms with Crippen LogP contribution in [0.3, 0.4) is 0 Å². The first-order valence-electron chi connectivity index (χ1n) is 9.09. The second-order valence-corrected chi connectivity index (χ2v) is 8.97. The van der Waals surface area contributed by atoms with Crippen LogP contribution >= 0.6 is 11.6 Å². The third-order valence-electron chi connectivity index (χ3n) is 4.70. The van der Waals surface area contributed by atoms with Crippen molar-refractivity contribution >= 4 is 33.5 Å². The second kappa shape index (κ2) is 8.16. The van der Waals surface area contributed by atoms with Gasteiger partial charge in [0.15, 0.2) is 0 Å². The number of esters is 1. The minimum atomic E-state index is -3.77. The molecule has 1 aromatic carbocycles.